The monoisotopic (exact) mass is 308 g/mol. The zero-order valence-corrected chi connectivity index (χ0v) is 14.2. The van der Waals surface area contributed by atoms with Gasteiger partial charge in [-0.1, -0.05) is 0 Å². The van der Waals surface area contributed by atoms with Crippen molar-refractivity contribution >= 4 is 6.09 Å². The molecule has 1 aromatic heterocycles. The molecule has 0 radical (unpaired) electrons. The zero-order chi connectivity index (χ0) is 16.3. The van der Waals surface area contributed by atoms with Crippen molar-refractivity contribution in [2.75, 3.05) is 6.54 Å². The third-order valence-corrected chi connectivity index (χ3v) is 3.76. The minimum atomic E-state index is -0.464. The molecule has 0 bridgehead atoms. The summed E-state index contributed by atoms with van der Waals surface area (Å²) in [6.45, 7) is 8.47. The molecule has 2 N–H and O–H groups in total. The number of hydrogen-bond acceptors (Lipinski definition) is 4. The molecule has 1 aliphatic rings. The van der Waals surface area contributed by atoms with Crippen LogP contribution in [0.3, 0.4) is 0 Å². The fourth-order valence-corrected chi connectivity index (χ4v) is 2.38. The Morgan fingerprint density at radius 1 is 1.50 bits per heavy atom. The lowest BCUT2D eigenvalue weighted by Crippen LogP contribution is -2.45. The molecule has 1 saturated carbocycles. The predicted molar refractivity (Wildman–Crippen MR) is 85.5 cm³/mol. The van der Waals surface area contributed by atoms with Crippen LogP contribution < -0.4 is 10.6 Å². The molecular formula is C16H28N4O2. The number of aryl methyl sites for hydroxylation is 1. The topological polar surface area (TPSA) is 68.2 Å². The van der Waals surface area contributed by atoms with E-state index >= 15 is 0 Å². The average molecular weight is 308 g/mol. The Kier molecular flexibility index (Phi) is 5.11. The molecule has 1 aliphatic carbocycles. The Hall–Kier alpha value is -1.56. The minimum absolute atomic E-state index is 0.119. The number of ether oxygens (including phenoxy) is 1. The van der Waals surface area contributed by atoms with Gasteiger partial charge in [-0.25, -0.2) is 4.79 Å². The van der Waals surface area contributed by atoms with Crippen LogP contribution in [0.4, 0.5) is 4.79 Å². The molecule has 6 nitrogen and oxygen atoms in total. The fourth-order valence-electron chi connectivity index (χ4n) is 2.38. The van der Waals surface area contributed by atoms with Gasteiger partial charge in [0.1, 0.15) is 5.60 Å². The highest BCUT2D eigenvalue weighted by atomic mass is 16.6. The molecule has 2 atom stereocenters. The van der Waals surface area contributed by atoms with E-state index < -0.39 is 5.60 Å². The summed E-state index contributed by atoms with van der Waals surface area (Å²) in [4.78, 5) is 11.9. The summed E-state index contributed by atoms with van der Waals surface area (Å²) in [5.74, 6) is 0.557. The van der Waals surface area contributed by atoms with E-state index in [1.807, 2.05) is 40.2 Å². The van der Waals surface area contributed by atoms with Crippen LogP contribution >= 0.6 is 0 Å². The highest BCUT2D eigenvalue weighted by Crippen LogP contribution is 2.32. The third-order valence-electron chi connectivity index (χ3n) is 3.76. The third kappa shape index (κ3) is 5.33. The summed E-state index contributed by atoms with van der Waals surface area (Å²) >= 11 is 0. The van der Waals surface area contributed by atoms with E-state index in [4.69, 9.17) is 4.74 Å². The van der Waals surface area contributed by atoms with Crippen molar-refractivity contribution in [3.8, 4) is 0 Å². The van der Waals surface area contributed by atoms with Crippen LogP contribution in [0.5, 0.6) is 0 Å². The number of carbonyl (C=O) groups is 1. The van der Waals surface area contributed by atoms with Crippen LogP contribution in [0.2, 0.25) is 0 Å². The van der Waals surface area contributed by atoms with Crippen LogP contribution in [-0.2, 0) is 11.8 Å². The first-order chi connectivity index (χ1) is 10.2. The Bertz CT molecular complexity index is 502. The van der Waals surface area contributed by atoms with Crippen LogP contribution in [0.15, 0.2) is 12.4 Å². The molecule has 1 aromatic rings. The zero-order valence-electron chi connectivity index (χ0n) is 14.2. The van der Waals surface area contributed by atoms with Crippen molar-refractivity contribution in [1.82, 2.24) is 20.4 Å². The molecule has 6 heteroatoms. The first kappa shape index (κ1) is 16.8. The van der Waals surface area contributed by atoms with Crippen molar-refractivity contribution in [1.29, 1.82) is 0 Å². The summed E-state index contributed by atoms with van der Waals surface area (Å²) in [6.07, 6.45) is 5.88. The summed E-state index contributed by atoms with van der Waals surface area (Å²) in [5.41, 5.74) is 0.684. The normalized spacial score (nSPS) is 17.9. The molecule has 1 amide bonds. The molecule has 0 spiro atoms. The molecule has 0 saturated heterocycles. The van der Waals surface area contributed by atoms with Crippen LogP contribution in [-0.4, -0.2) is 34.1 Å². The van der Waals surface area contributed by atoms with E-state index in [1.54, 1.807) is 4.68 Å². The molecule has 22 heavy (non-hydrogen) atoms. The summed E-state index contributed by atoms with van der Waals surface area (Å²) < 4.78 is 7.15. The van der Waals surface area contributed by atoms with Crippen LogP contribution in [0.1, 0.15) is 52.1 Å². The molecule has 2 unspecified atom stereocenters. The highest BCUT2D eigenvalue weighted by molar-refractivity contribution is 5.68. The Labute approximate surface area is 132 Å². The number of hydrogen-bond donors (Lipinski definition) is 2. The Balaban J connectivity index is 1.83. The van der Waals surface area contributed by atoms with Crippen LogP contribution in [0.25, 0.3) is 0 Å². The van der Waals surface area contributed by atoms with Gasteiger partial charge in [-0.15, -0.1) is 0 Å². The maximum Gasteiger partial charge on any atom is 0.407 e. The number of carbonyl (C=O) groups excluding carboxylic acids is 1. The van der Waals surface area contributed by atoms with E-state index in [0.29, 0.717) is 5.92 Å². The smallest absolute Gasteiger partial charge is 0.407 e. The standard InChI is InChI=1S/C16H28N4O2/c1-11(13-8-18-20(5)10-13)17-9-14(12-6-7-12)19-15(21)22-16(2,3)4/h8,10-12,14,17H,6-7,9H2,1-5H3,(H,19,21). The van der Waals surface area contributed by atoms with Crippen molar-refractivity contribution in [2.45, 2.75) is 58.2 Å². The Morgan fingerprint density at radius 3 is 2.68 bits per heavy atom. The molecule has 1 fully saturated rings. The number of rotatable bonds is 6. The maximum atomic E-state index is 11.9. The number of nitrogens with one attached hydrogen (secondary N) is 2. The van der Waals surface area contributed by atoms with Gasteiger partial charge in [0.05, 0.1) is 6.20 Å². The lowest BCUT2D eigenvalue weighted by molar-refractivity contribution is 0.0497. The number of nitrogens with zero attached hydrogens (tertiary/aromatic N) is 2. The molecule has 0 aliphatic heterocycles. The SMILES string of the molecule is CC(NCC(NC(=O)OC(C)(C)C)C1CC1)c1cnn(C)c1. The predicted octanol–water partition coefficient (Wildman–Crippen LogP) is 2.37. The molecular weight excluding hydrogens is 280 g/mol. The number of alkyl carbamates (subject to hydrolysis) is 1. The van der Waals surface area contributed by atoms with Gasteiger partial charge in [0, 0.05) is 37.4 Å². The molecule has 124 valence electrons. The van der Waals surface area contributed by atoms with E-state index in [1.165, 1.54) is 12.8 Å². The second-order valence-corrected chi connectivity index (χ2v) is 7.17. The van der Waals surface area contributed by atoms with Gasteiger partial charge in [-0.2, -0.15) is 5.10 Å². The Morgan fingerprint density at radius 2 is 2.18 bits per heavy atom. The average Bonchev–Trinajstić information content (AvgIpc) is 3.14. The van der Waals surface area contributed by atoms with Gasteiger partial charge in [0.15, 0.2) is 0 Å². The lowest BCUT2D eigenvalue weighted by atomic mass is 10.1. The van der Waals surface area contributed by atoms with E-state index in [2.05, 4.69) is 22.7 Å². The molecule has 1 heterocycles. The second-order valence-electron chi connectivity index (χ2n) is 7.17. The van der Waals surface area contributed by atoms with Gasteiger partial charge in [-0.3, -0.25) is 4.68 Å². The first-order valence-corrected chi connectivity index (χ1v) is 7.96. The van der Waals surface area contributed by atoms with Gasteiger partial charge >= 0.3 is 6.09 Å². The highest BCUT2D eigenvalue weighted by Gasteiger charge is 2.33. The second kappa shape index (κ2) is 6.69. The largest absolute Gasteiger partial charge is 0.444 e. The fraction of sp³-hybridized carbons (Fsp3) is 0.750. The van der Waals surface area contributed by atoms with Gasteiger partial charge in [0.2, 0.25) is 0 Å². The summed E-state index contributed by atoms with van der Waals surface area (Å²) in [6, 6.07) is 0.323. The van der Waals surface area contributed by atoms with E-state index in [0.717, 1.165) is 12.1 Å². The lowest BCUT2D eigenvalue weighted by Gasteiger charge is -2.25. The maximum absolute atomic E-state index is 11.9. The van der Waals surface area contributed by atoms with Crippen molar-refractivity contribution in [3.05, 3.63) is 18.0 Å². The van der Waals surface area contributed by atoms with E-state index in [9.17, 15) is 4.79 Å². The van der Waals surface area contributed by atoms with Crippen molar-refractivity contribution < 1.29 is 9.53 Å². The number of aromatic nitrogens is 2. The minimum Gasteiger partial charge on any atom is -0.444 e. The molecule has 2 rings (SSSR count). The number of amides is 1. The summed E-state index contributed by atoms with van der Waals surface area (Å²) in [7, 11) is 1.91. The quantitative estimate of drug-likeness (QED) is 0.846. The van der Waals surface area contributed by atoms with Gasteiger partial charge in [-0.05, 0) is 46.5 Å². The summed E-state index contributed by atoms with van der Waals surface area (Å²) in [5, 5.41) is 10.7. The van der Waals surface area contributed by atoms with Crippen LogP contribution in [0, 0.1) is 5.92 Å². The first-order valence-electron chi connectivity index (χ1n) is 7.96. The van der Waals surface area contributed by atoms with Crippen molar-refractivity contribution in [3.63, 3.8) is 0 Å². The van der Waals surface area contributed by atoms with Gasteiger partial charge < -0.3 is 15.4 Å². The van der Waals surface area contributed by atoms with Gasteiger partial charge in [0.25, 0.3) is 0 Å². The van der Waals surface area contributed by atoms with Crippen molar-refractivity contribution in [2.24, 2.45) is 13.0 Å². The van der Waals surface area contributed by atoms with E-state index in [-0.39, 0.29) is 18.2 Å². The molecule has 0 aromatic carbocycles.